The molecule has 0 saturated carbocycles. The molecule has 0 N–H and O–H groups in total. The molecule has 4 heteroatoms. The molecular weight excluding hydrogens is 202 g/mol. The van der Waals surface area contributed by atoms with Crippen LogP contribution < -0.4 is 0 Å². The average molecular weight is 215 g/mol. The van der Waals surface area contributed by atoms with E-state index >= 15 is 0 Å². The van der Waals surface area contributed by atoms with Crippen molar-refractivity contribution in [2.75, 3.05) is 13.1 Å². The van der Waals surface area contributed by atoms with Crippen molar-refractivity contribution in [1.82, 2.24) is 9.88 Å². The molecule has 0 radical (unpaired) electrons. The molecule has 1 saturated heterocycles. The maximum atomic E-state index is 11.9. The third kappa shape index (κ3) is 1.89. The number of pyridine rings is 1. The first-order valence-electron chi connectivity index (χ1n) is 5.41. The van der Waals surface area contributed by atoms with Gasteiger partial charge in [-0.05, 0) is 24.5 Å². The zero-order valence-corrected chi connectivity index (χ0v) is 9.18. The summed E-state index contributed by atoms with van der Waals surface area (Å²) >= 11 is 0. The van der Waals surface area contributed by atoms with E-state index in [-0.39, 0.29) is 5.91 Å². The number of aromatic nitrogens is 1. The van der Waals surface area contributed by atoms with Gasteiger partial charge in [-0.3, -0.25) is 4.79 Å². The fraction of sp³-hybridized carbons (Fsp3) is 0.417. The molecule has 4 nitrogen and oxygen atoms in total. The zero-order chi connectivity index (χ0) is 11.5. The number of carbonyl (C=O) groups excluding carboxylic acids is 1. The summed E-state index contributed by atoms with van der Waals surface area (Å²) in [6, 6.07) is 6.88. The van der Waals surface area contributed by atoms with Gasteiger partial charge in [-0.2, -0.15) is 5.26 Å². The van der Waals surface area contributed by atoms with E-state index < -0.39 is 0 Å². The molecule has 1 fully saturated rings. The zero-order valence-electron chi connectivity index (χ0n) is 9.18. The molecule has 1 aromatic heterocycles. The van der Waals surface area contributed by atoms with Crippen molar-refractivity contribution in [2.45, 2.75) is 13.3 Å². The van der Waals surface area contributed by atoms with Crippen molar-refractivity contribution in [2.24, 2.45) is 5.92 Å². The second kappa shape index (κ2) is 4.31. The van der Waals surface area contributed by atoms with E-state index in [1.807, 2.05) is 6.07 Å². The maximum Gasteiger partial charge on any atom is 0.272 e. The lowest BCUT2D eigenvalue weighted by atomic mass is 9.97. The Bertz CT molecular complexity index is 444. The van der Waals surface area contributed by atoms with Gasteiger partial charge in [0, 0.05) is 13.1 Å². The monoisotopic (exact) mass is 215 g/mol. The quantitative estimate of drug-likeness (QED) is 0.750. The van der Waals surface area contributed by atoms with Gasteiger partial charge >= 0.3 is 0 Å². The van der Waals surface area contributed by atoms with Crippen molar-refractivity contribution in [3.8, 4) is 6.07 Å². The molecule has 82 valence electrons. The average Bonchev–Trinajstić information content (AvgIpc) is 2.27. The minimum atomic E-state index is -0.0678. The van der Waals surface area contributed by atoms with Crippen LogP contribution in [0.1, 0.15) is 29.5 Å². The highest BCUT2D eigenvalue weighted by Crippen LogP contribution is 2.20. The molecule has 1 aliphatic heterocycles. The molecule has 1 aliphatic rings. The van der Waals surface area contributed by atoms with E-state index in [0.717, 1.165) is 19.5 Å². The van der Waals surface area contributed by atoms with Gasteiger partial charge < -0.3 is 4.90 Å². The summed E-state index contributed by atoms with van der Waals surface area (Å²) in [5, 5.41) is 8.70. The lowest BCUT2D eigenvalue weighted by Crippen LogP contribution is -2.49. The van der Waals surface area contributed by atoms with E-state index in [0.29, 0.717) is 17.3 Å². The Morgan fingerprint density at radius 3 is 3.00 bits per heavy atom. The molecule has 1 aromatic rings. The van der Waals surface area contributed by atoms with Crippen LogP contribution >= 0.6 is 0 Å². The maximum absolute atomic E-state index is 11.9. The van der Waals surface area contributed by atoms with E-state index in [9.17, 15) is 4.79 Å². The van der Waals surface area contributed by atoms with Gasteiger partial charge in [0.15, 0.2) is 0 Å². The van der Waals surface area contributed by atoms with Crippen molar-refractivity contribution in [3.63, 3.8) is 0 Å². The van der Waals surface area contributed by atoms with E-state index in [1.165, 1.54) is 0 Å². The molecule has 0 spiro atoms. The van der Waals surface area contributed by atoms with Crippen LogP contribution in [0.2, 0.25) is 0 Å². The smallest absolute Gasteiger partial charge is 0.272 e. The molecule has 2 heterocycles. The predicted octanol–water partition coefficient (Wildman–Crippen LogP) is 1.44. The lowest BCUT2D eigenvalue weighted by molar-refractivity contribution is 0.0488. The SMILES string of the molecule is CCC1CN(C(=O)c2cccc(C#N)n2)C1. The number of amides is 1. The van der Waals surface area contributed by atoms with Crippen LogP contribution in [0.3, 0.4) is 0 Å². The molecule has 0 bridgehead atoms. The summed E-state index contributed by atoms with van der Waals surface area (Å²) in [6.45, 7) is 3.75. The Kier molecular flexibility index (Phi) is 2.86. The molecular formula is C12H13N3O. The first-order valence-corrected chi connectivity index (χ1v) is 5.41. The summed E-state index contributed by atoms with van der Waals surface area (Å²) in [6.07, 6.45) is 1.11. The normalized spacial score (nSPS) is 15.4. The molecule has 0 aromatic carbocycles. The van der Waals surface area contributed by atoms with Crippen LogP contribution in [0.5, 0.6) is 0 Å². The summed E-state index contributed by atoms with van der Waals surface area (Å²) in [5.74, 6) is 0.560. The highest BCUT2D eigenvalue weighted by Gasteiger charge is 2.30. The first-order chi connectivity index (χ1) is 7.74. The Labute approximate surface area is 94.5 Å². The Balaban J connectivity index is 2.08. The van der Waals surface area contributed by atoms with Gasteiger partial charge in [0.2, 0.25) is 0 Å². The first kappa shape index (κ1) is 10.6. The molecule has 0 aliphatic carbocycles. The van der Waals surface area contributed by atoms with Gasteiger partial charge in [-0.1, -0.05) is 13.0 Å². The topological polar surface area (TPSA) is 57.0 Å². The number of likely N-dealkylation sites (tertiary alicyclic amines) is 1. The highest BCUT2D eigenvalue weighted by atomic mass is 16.2. The number of hydrogen-bond donors (Lipinski definition) is 0. The van der Waals surface area contributed by atoms with Crippen LogP contribution in [-0.4, -0.2) is 28.9 Å². The predicted molar refractivity (Wildman–Crippen MR) is 58.6 cm³/mol. The number of nitriles is 1. The lowest BCUT2D eigenvalue weighted by Gasteiger charge is -2.38. The third-order valence-electron chi connectivity index (χ3n) is 2.90. The van der Waals surface area contributed by atoms with E-state index in [2.05, 4.69) is 11.9 Å². The molecule has 16 heavy (non-hydrogen) atoms. The third-order valence-corrected chi connectivity index (χ3v) is 2.90. The van der Waals surface area contributed by atoms with Crippen molar-refractivity contribution < 1.29 is 4.79 Å². The summed E-state index contributed by atoms with van der Waals surface area (Å²) in [5.41, 5.74) is 0.659. The second-order valence-corrected chi connectivity index (χ2v) is 4.00. The van der Waals surface area contributed by atoms with Gasteiger partial charge in [-0.25, -0.2) is 4.98 Å². The van der Waals surface area contributed by atoms with Crippen LogP contribution in [0, 0.1) is 17.2 Å². The molecule has 2 rings (SSSR count). The van der Waals surface area contributed by atoms with Gasteiger partial charge in [-0.15, -0.1) is 0 Å². The van der Waals surface area contributed by atoms with Gasteiger partial charge in [0.1, 0.15) is 17.5 Å². The Morgan fingerprint density at radius 1 is 1.62 bits per heavy atom. The number of hydrogen-bond acceptors (Lipinski definition) is 3. The molecule has 1 amide bonds. The van der Waals surface area contributed by atoms with Crippen LogP contribution in [-0.2, 0) is 0 Å². The van der Waals surface area contributed by atoms with Crippen LogP contribution in [0.25, 0.3) is 0 Å². The summed E-state index contributed by atoms with van der Waals surface area (Å²) < 4.78 is 0. The van der Waals surface area contributed by atoms with E-state index in [1.54, 1.807) is 23.1 Å². The fourth-order valence-electron chi connectivity index (χ4n) is 1.77. The summed E-state index contributed by atoms with van der Waals surface area (Å²) in [4.78, 5) is 17.7. The minimum absolute atomic E-state index is 0.0678. The standard InChI is InChI=1S/C12H13N3O/c1-2-9-7-15(8-9)12(16)11-5-3-4-10(6-13)14-11/h3-5,9H,2,7-8H2,1H3. The number of rotatable bonds is 2. The Hall–Kier alpha value is -1.89. The number of carbonyl (C=O) groups is 1. The summed E-state index contributed by atoms with van der Waals surface area (Å²) in [7, 11) is 0. The van der Waals surface area contributed by atoms with Crippen LogP contribution in [0.15, 0.2) is 18.2 Å². The van der Waals surface area contributed by atoms with Crippen molar-refractivity contribution >= 4 is 5.91 Å². The Morgan fingerprint density at radius 2 is 2.38 bits per heavy atom. The van der Waals surface area contributed by atoms with Gasteiger partial charge in [0.05, 0.1) is 0 Å². The van der Waals surface area contributed by atoms with E-state index in [4.69, 9.17) is 5.26 Å². The largest absolute Gasteiger partial charge is 0.337 e. The highest BCUT2D eigenvalue weighted by molar-refractivity contribution is 5.92. The van der Waals surface area contributed by atoms with Crippen LogP contribution in [0.4, 0.5) is 0 Å². The second-order valence-electron chi connectivity index (χ2n) is 4.00. The van der Waals surface area contributed by atoms with Crippen molar-refractivity contribution in [1.29, 1.82) is 5.26 Å². The molecule has 0 atom stereocenters. The minimum Gasteiger partial charge on any atom is -0.337 e. The number of nitrogens with zero attached hydrogens (tertiary/aromatic N) is 3. The van der Waals surface area contributed by atoms with Crippen molar-refractivity contribution in [3.05, 3.63) is 29.6 Å². The fourth-order valence-corrected chi connectivity index (χ4v) is 1.77. The molecule has 0 unspecified atom stereocenters. The van der Waals surface area contributed by atoms with Gasteiger partial charge in [0.25, 0.3) is 5.91 Å².